The average Bonchev–Trinajstić information content (AvgIpc) is 2.54. The van der Waals surface area contributed by atoms with Crippen LogP contribution < -0.4 is 0 Å². The maximum absolute atomic E-state index is 5.89. The summed E-state index contributed by atoms with van der Waals surface area (Å²) < 4.78 is 3.00. The molecular formula is C13H15ClIN3. The summed E-state index contributed by atoms with van der Waals surface area (Å²) in [6, 6.07) is 3.76. The van der Waals surface area contributed by atoms with E-state index < -0.39 is 0 Å². The Morgan fingerprint density at radius 2 is 1.94 bits per heavy atom. The molecule has 2 aromatic heterocycles. The predicted molar refractivity (Wildman–Crippen MR) is 82.6 cm³/mol. The van der Waals surface area contributed by atoms with E-state index in [-0.39, 0.29) is 0 Å². The molecular weight excluding hydrogens is 361 g/mol. The lowest BCUT2D eigenvalue weighted by Gasteiger charge is -2.09. The number of hydrogen-bond donors (Lipinski definition) is 0. The molecule has 0 fully saturated rings. The first-order valence-corrected chi connectivity index (χ1v) is 7.26. The van der Waals surface area contributed by atoms with Crippen LogP contribution in [0.4, 0.5) is 0 Å². The summed E-state index contributed by atoms with van der Waals surface area (Å²) in [6.45, 7) is 8.41. The standard InChI is InChI=1S/C13H15ClIN3/c1-7(2)12-9(4)18(17-13(12)15)10-5-6-11(14)16-8(10)3/h5-7H,1-4H3. The van der Waals surface area contributed by atoms with Gasteiger partial charge in [-0.2, -0.15) is 5.10 Å². The van der Waals surface area contributed by atoms with Crippen LogP contribution in [0.5, 0.6) is 0 Å². The van der Waals surface area contributed by atoms with Gasteiger partial charge in [-0.1, -0.05) is 25.4 Å². The van der Waals surface area contributed by atoms with Gasteiger partial charge in [-0.15, -0.1) is 0 Å². The maximum Gasteiger partial charge on any atom is 0.129 e. The number of halogens is 2. The van der Waals surface area contributed by atoms with Crippen LogP contribution in [0.3, 0.4) is 0 Å². The van der Waals surface area contributed by atoms with Crippen LogP contribution in [-0.4, -0.2) is 14.8 Å². The van der Waals surface area contributed by atoms with Crippen LogP contribution in [-0.2, 0) is 0 Å². The van der Waals surface area contributed by atoms with Gasteiger partial charge < -0.3 is 0 Å². The lowest BCUT2D eigenvalue weighted by atomic mass is 10.1. The van der Waals surface area contributed by atoms with E-state index in [1.807, 2.05) is 17.7 Å². The molecule has 0 aromatic carbocycles. The van der Waals surface area contributed by atoms with Crippen LogP contribution >= 0.6 is 34.2 Å². The molecule has 0 N–H and O–H groups in total. The van der Waals surface area contributed by atoms with Crippen molar-refractivity contribution in [2.45, 2.75) is 33.6 Å². The van der Waals surface area contributed by atoms with E-state index in [1.54, 1.807) is 6.07 Å². The van der Waals surface area contributed by atoms with Crippen LogP contribution in [0, 0.1) is 17.5 Å². The Morgan fingerprint density at radius 1 is 1.28 bits per heavy atom. The minimum atomic E-state index is 0.464. The molecule has 0 aliphatic heterocycles. The summed E-state index contributed by atoms with van der Waals surface area (Å²) in [5.74, 6) is 0.464. The summed E-state index contributed by atoms with van der Waals surface area (Å²) in [5.41, 5.74) is 4.34. The second-order valence-electron chi connectivity index (χ2n) is 4.59. The van der Waals surface area contributed by atoms with Gasteiger partial charge >= 0.3 is 0 Å². The molecule has 0 unspecified atom stereocenters. The van der Waals surface area contributed by atoms with Gasteiger partial charge in [0.1, 0.15) is 8.85 Å². The molecule has 0 aliphatic rings. The first-order chi connectivity index (χ1) is 8.41. The number of nitrogens with zero attached hydrogens (tertiary/aromatic N) is 3. The molecule has 0 aliphatic carbocycles. The van der Waals surface area contributed by atoms with Crippen LogP contribution in [0.25, 0.3) is 5.69 Å². The number of aryl methyl sites for hydroxylation is 1. The molecule has 0 saturated heterocycles. The fourth-order valence-corrected chi connectivity index (χ4v) is 3.54. The quantitative estimate of drug-likeness (QED) is 0.580. The topological polar surface area (TPSA) is 30.7 Å². The Kier molecular flexibility index (Phi) is 3.96. The summed E-state index contributed by atoms with van der Waals surface area (Å²) in [4.78, 5) is 4.28. The van der Waals surface area contributed by atoms with E-state index in [0.717, 1.165) is 15.1 Å². The second kappa shape index (κ2) is 5.17. The van der Waals surface area contributed by atoms with Gasteiger partial charge in [-0.05, 0) is 54.5 Å². The monoisotopic (exact) mass is 375 g/mol. The van der Waals surface area contributed by atoms with Crippen LogP contribution in [0.2, 0.25) is 5.15 Å². The van der Waals surface area contributed by atoms with E-state index in [2.05, 4.69) is 53.4 Å². The van der Waals surface area contributed by atoms with Crippen LogP contribution in [0.15, 0.2) is 12.1 Å². The zero-order valence-corrected chi connectivity index (χ0v) is 13.7. The molecule has 96 valence electrons. The number of pyridine rings is 1. The fraction of sp³-hybridized carbons (Fsp3) is 0.385. The summed E-state index contributed by atoms with van der Waals surface area (Å²) in [5, 5.41) is 5.13. The van der Waals surface area contributed by atoms with Crippen molar-refractivity contribution in [3.05, 3.63) is 37.9 Å². The summed E-state index contributed by atoms with van der Waals surface area (Å²) in [7, 11) is 0. The zero-order valence-electron chi connectivity index (χ0n) is 10.8. The molecule has 0 amide bonds. The van der Waals surface area contributed by atoms with Crippen molar-refractivity contribution in [2.24, 2.45) is 0 Å². The van der Waals surface area contributed by atoms with Gasteiger partial charge in [0.25, 0.3) is 0 Å². The van der Waals surface area contributed by atoms with Gasteiger partial charge in [-0.25, -0.2) is 9.67 Å². The third kappa shape index (κ3) is 2.40. The van der Waals surface area contributed by atoms with Crippen molar-refractivity contribution in [3.8, 4) is 5.69 Å². The first-order valence-electron chi connectivity index (χ1n) is 5.80. The molecule has 0 atom stereocenters. The zero-order chi connectivity index (χ0) is 13.4. The molecule has 3 nitrogen and oxygen atoms in total. The van der Waals surface area contributed by atoms with Crippen molar-refractivity contribution in [1.82, 2.24) is 14.8 Å². The van der Waals surface area contributed by atoms with E-state index in [4.69, 9.17) is 11.6 Å². The van der Waals surface area contributed by atoms with Crippen molar-refractivity contribution in [3.63, 3.8) is 0 Å². The van der Waals surface area contributed by atoms with Gasteiger partial charge in [0, 0.05) is 11.3 Å². The van der Waals surface area contributed by atoms with Gasteiger partial charge in [0.2, 0.25) is 0 Å². The summed E-state index contributed by atoms with van der Waals surface area (Å²) in [6.07, 6.45) is 0. The van der Waals surface area contributed by atoms with Crippen molar-refractivity contribution in [2.75, 3.05) is 0 Å². The molecule has 18 heavy (non-hydrogen) atoms. The van der Waals surface area contributed by atoms with E-state index >= 15 is 0 Å². The highest BCUT2D eigenvalue weighted by molar-refractivity contribution is 14.1. The minimum Gasteiger partial charge on any atom is -0.239 e. The number of aromatic nitrogens is 3. The largest absolute Gasteiger partial charge is 0.239 e. The maximum atomic E-state index is 5.89. The molecule has 0 spiro atoms. The smallest absolute Gasteiger partial charge is 0.129 e. The van der Waals surface area contributed by atoms with Crippen LogP contribution in [0.1, 0.15) is 36.7 Å². The lowest BCUT2D eigenvalue weighted by molar-refractivity contribution is 0.812. The second-order valence-corrected chi connectivity index (χ2v) is 6.00. The molecule has 2 rings (SSSR count). The Morgan fingerprint density at radius 3 is 2.44 bits per heavy atom. The van der Waals surface area contributed by atoms with Gasteiger partial charge in [-0.3, -0.25) is 0 Å². The lowest BCUT2D eigenvalue weighted by Crippen LogP contribution is -2.03. The first kappa shape index (κ1) is 13.8. The SMILES string of the molecule is Cc1nc(Cl)ccc1-n1nc(I)c(C(C)C)c1C. The summed E-state index contributed by atoms with van der Waals surface area (Å²) >= 11 is 8.18. The highest BCUT2D eigenvalue weighted by Gasteiger charge is 2.17. The van der Waals surface area contributed by atoms with Gasteiger partial charge in [0.15, 0.2) is 0 Å². The van der Waals surface area contributed by atoms with Gasteiger partial charge in [0.05, 0.1) is 11.4 Å². The molecule has 0 saturated carbocycles. The number of hydrogen-bond acceptors (Lipinski definition) is 2. The van der Waals surface area contributed by atoms with Crippen molar-refractivity contribution in [1.29, 1.82) is 0 Å². The third-order valence-electron chi connectivity index (χ3n) is 2.95. The van der Waals surface area contributed by atoms with E-state index in [0.29, 0.717) is 11.1 Å². The Balaban J connectivity index is 2.62. The third-order valence-corrected chi connectivity index (χ3v) is 3.95. The van der Waals surface area contributed by atoms with Crippen molar-refractivity contribution >= 4 is 34.2 Å². The fourth-order valence-electron chi connectivity index (χ4n) is 2.12. The Labute approximate surface area is 126 Å². The highest BCUT2D eigenvalue weighted by atomic mass is 127. The van der Waals surface area contributed by atoms with E-state index in [1.165, 1.54) is 11.3 Å². The molecule has 0 bridgehead atoms. The molecule has 0 radical (unpaired) electrons. The minimum absolute atomic E-state index is 0.464. The number of rotatable bonds is 2. The van der Waals surface area contributed by atoms with Crippen molar-refractivity contribution < 1.29 is 0 Å². The molecule has 2 heterocycles. The Bertz CT molecular complexity index is 590. The Hall–Kier alpha value is -0.620. The molecule has 5 heteroatoms. The predicted octanol–water partition coefficient (Wildman–Crippen LogP) is 4.27. The normalized spacial score (nSPS) is 11.3. The molecule has 2 aromatic rings. The highest BCUT2D eigenvalue weighted by Crippen LogP contribution is 2.27. The van der Waals surface area contributed by atoms with E-state index in [9.17, 15) is 0 Å². The average molecular weight is 376 g/mol.